The number of hydrogen-bond acceptors (Lipinski definition) is 4. The zero-order valence-corrected chi connectivity index (χ0v) is 8.76. The first-order chi connectivity index (χ1) is 5.26. The maximum absolute atomic E-state index is 11.0. The van der Waals surface area contributed by atoms with Gasteiger partial charge in [0.25, 0.3) is 0 Å². The minimum Gasteiger partial charge on any atom is -0.468 e. The standard InChI is InChI=1S/C7H14O2S2/c1-4-10-7(11-5-2)6(8)9-3/h7H,4-5H2,1-3H3. The van der Waals surface area contributed by atoms with E-state index in [0.717, 1.165) is 11.5 Å². The van der Waals surface area contributed by atoms with Crippen LogP contribution in [0.1, 0.15) is 13.8 Å². The van der Waals surface area contributed by atoms with E-state index in [2.05, 4.69) is 4.74 Å². The molecule has 0 amide bonds. The summed E-state index contributed by atoms with van der Waals surface area (Å²) in [6.45, 7) is 4.08. The molecule has 0 radical (unpaired) electrons. The van der Waals surface area contributed by atoms with Crippen molar-refractivity contribution in [2.75, 3.05) is 18.6 Å². The van der Waals surface area contributed by atoms with E-state index in [1.54, 1.807) is 23.5 Å². The van der Waals surface area contributed by atoms with Gasteiger partial charge in [0.15, 0.2) is 0 Å². The second kappa shape index (κ2) is 6.85. The van der Waals surface area contributed by atoms with Gasteiger partial charge in [-0.2, -0.15) is 0 Å². The topological polar surface area (TPSA) is 26.3 Å². The molecule has 0 aliphatic rings. The fourth-order valence-electron chi connectivity index (χ4n) is 0.583. The predicted octanol–water partition coefficient (Wildman–Crippen LogP) is 1.99. The smallest absolute Gasteiger partial charge is 0.329 e. The number of esters is 1. The Bertz CT molecular complexity index is 111. The van der Waals surface area contributed by atoms with Crippen LogP contribution in [0.4, 0.5) is 0 Å². The molecule has 0 saturated carbocycles. The molecule has 0 heterocycles. The molecule has 0 aromatic carbocycles. The van der Waals surface area contributed by atoms with Crippen molar-refractivity contribution in [1.29, 1.82) is 0 Å². The molecule has 0 saturated heterocycles. The maximum atomic E-state index is 11.0. The van der Waals surface area contributed by atoms with E-state index in [4.69, 9.17) is 0 Å². The van der Waals surface area contributed by atoms with E-state index < -0.39 is 0 Å². The van der Waals surface area contributed by atoms with Gasteiger partial charge in [0.05, 0.1) is 7.11 Å². The molecular weight excluding hydrogens is 180 g/mol. The van der Waals surface area contributed by atoms with Gasteiger partial charge in [-0.25, -0.2) is 4.79 Å². The molecule has 0 aromatic heterocycles. The Kier molecular flexibility index (Phi) is 6.96. The van der Waals surface area contributed by atoms with Crippen LogP contribution in [0, 0.1) is 0 Å². The summed E-state index contributed by atoms with van der Waals surface area (Å²) in [5.41, 5.74) is 0. The molecule has 11 heavy (non-hydrogen) atoms. The normalized spacial score (nSPS) is 10.2. The molecule has 0 atom stereocenters. The van der Waals surface area contributed by atoms with E-state index in [1.165, 1.54) is 7.11 Å². The van der Waals surface area contributed by atoms with Crippen molar-refractivity contribution >= 4 is 29.5 Å². The number of methoxy groups -OCH3 is 1. The number of ether oxygens (including phenoxy) is 1. The third-order valence-corrected chi connectivity index (χ3v) is 3.50. The summed E-state index contributed by atoms with van der Waals surface area (Å²) in [5.74, 6) is 1.78. The van der Waals surface area contributed by atoms with Crippen LogP contribution in [-0.4, -0.2) is 29.2 Å². The third kappa shape index (κ3) is 4.58. The lowest BCUT2D eigenvalue weighted by Gasteiger charge is -2.10. The fourth-order valence-corrected chi connectivity index (χ4v) is 2.85. The lowest BCUT2D eigenvalue weighted by Crippen LogP contribution is -2.15. The molecule has 0 N–H and O–H groups in total. The van der Waals surface area contributed by atoms with Crippen molar-refractivity contribution in [2.24, 2.45) is 0 Å². The Labute approximate surface area is 76.5 Å². The number of carbonyl (C=O) groups is 1. The highest BCUT2D eigenvalue weighted by Gasteiger charge is 2.17. The lowest BCUT2D eigenvalue weighted by atomic mass is 10.8. The molecule has 66 valence electrons. The van der Waals surface area contributed by atoms with Crippen LogP contribution in [0.15, 0.2) is 0 Å². The Morgan fingerprint density at radius 2 is 1.82 bits per heavy atom. The van der Waals surface area contributed by atoms with E-state index >= 15 is 0 Å². The summed E-state index contributed by atoms with van der Waals surface area (Å²) >= 11 is 3.24. The van der Waals surface area contributed by atoms with E-state index in [0.29, 0.717) is 0 Å². The second-order valence-electron chi connectivity index (χ2n) is 1.77. The van der Waals surface area contributed by atoms with Crippen molar-refractivity contribution in [2.45, 2.75) is 18.4 Å². The summed E-state index contributed by atoms with van der Waals surface area (Å²) in [7, 11) is 1.43. The highest BCUT2D eigenvalue weighted by atomic mass is 32.2. The van der Waals surface area contributed by atoms with E-state index in [-0.39, 0.29) is 10.6 Å². The zero-order valence-electron chi connectivity index (χ0n) is 7.12. The summed E-state index contributed by atoms with van der Waals surface area (Å²) in [6, 6.07) is 0. The Morgan fingerprint density at radius 3 is 2.09 bits per heavy atom. The molecule has 0 bridgehead atoms. The van der Waals surface area contributed by atoms with Crippen LogP contribution in [0.3, 0.4) is 0 Å². The van der Waals surface area contributed by atoms with Crippen molar-refractivity contribution in [3.8, 4) is 0 Å². The van der Waals surface area contributed by atoms with Gasteiger partial charge in [-0.15, -0.1) is 23.5 Å². The first kappa shape index (κ1) is 11.2. The van der Waals surface area contributed by atoms with Gasteiger partial charge in [0, 0.05) is 0 Å². The van der Waals surface area contributed by atoms with Crippen molar-refractivity contribution < 1.29 is 9.53 Å². The Morgan fingerprint density at radius 1 is 1.36 bits per heavy atom. The molecule has 0 aliphatic heterocycles. The van der Waals surface area contributed by atoms with Crippen LogP contribution in [0.2, 0.25) is 0 Å². The van der Waals surface area contributed by atoms with E-state index in [9.17, 15) is 4.79 Å². The van der Waals surface area contributed by atoms with Gasteiger partial charge in [0.1, 0.15) is 4.58 Å². The van der Waals surface area contributed by atoms with Crippen LogP contribution in [-0.2, 0) is 9.53 Å². The average Bonchev–Trinajstić information content (AvgIpc) is 2.03. The molecule has 0 unspecified atom stereocenters. The summed E-state index contributed by atoms with van der Waals surface area (Å²) < 4.78 is 4.60. The largest absolute Gasteiger partial charge is 0.468 e. The van der Waals surface area contributed by atoms with Gasteiger partial charge in [-0.3, -0.25) is 0 Å². The molecule has 2 nitrogen and oxygen atoms in total. The van der Waals surface area contributed by atoms with Crippen LogP contribution in [0.25, 0.3) is 0 Å². The summed E-state index contributed by atoms with van der Waals surface area (Å²) in [4.78, 5) is 11.0. The average molecular weight is 194 g/mol. The number of hydrogen-bond donors (Lipinski definition) is 0. The summed E-state index contributed by atoms with van der Waals surface area (Å²) in [5, 5.41) is 0. The molecule has 0 aliphatic carbocycles. The first-order valence-electron chi connectivity index (χ1n) is 3.57. The highest BCUT2D eigenvalue weighted by Crippen LogP contribution is 2.23. The molecule has 0 fully saturated rings. The van der Waals surface area contributed by atoms with Crippen molar-refractivity contribution in [3.63, 3.8) is 0 Å². The van der Waals surface area contributed by atoms with Crippen molar-refractivity contribution in [3.05, 3.63) is 0 Å². The monoisotopic (exact) mass is 194 g/mol. The van der Waals surface area contributed by atoms with Crippen molar-refractivity contribution in [1.82, 2.24) is 0 Å². The van der Waals surface area contributed by atoms with Crippen LogP contribution >= 0.6 is 23.5 Å². The molecular formula is C7H14O2S2. The summed E-state index contributed by atoms with van der Waals surface area (Å²) in [6.07, 6.45) is 0. The lowest BCUT2D eigenvalue weighted by molar-refractivity contribution is -0.138. The third-order valence-electron chi connectivity index (χ3n) is 1.03. The van der Waals surface area contributed by atoms with Crippen LogP contribution in [0.5, 0.6) is 0 Å². The zero-order chi connectivity index (χ0) is 8.69. The number of carbonyl (C=O) groups excluding carboxylic acids is 1. The molecule has 0 spiro atoms. The Hall–Kier alpha value is 0.170. The van der Waals surface area contributed by atoms with Gasteiger partial charge in [-0.1, -0.05) is 13.8 Å². The molecule has 0 aromatic rings. The minimum absolute atomic E-state index is 0.0324. The quantitative estimate of drug-likeness (QED) is 0.494. The second-order valence-corrected chi connectivity index (χ2v) is 4.83. The number of rotatable bonds is 5. The predicted molar refractivity (Wildman–Crippen MR) is 52.1 cm³/mol. The molecule has 0 rings (SSSR count). The SMILES string of the molecule is CCSC(SCC)C(=O)OC. The fraction of sp³-hybridized carbons (Fsp3) is 0.857. The Balaban J connectivity index is 3.76. The number of thioether (sulfide) groups is 2. The van der Waals surface area contributed by atoms with Gasteiger partial charge < -0.3 is 4.74 Å². The molecule has 4 heteroatoms. The maximum Gasteiger partial charge on any atom is 0.329 e. The van der Waals surface area contributed by atoms with Gasteiger partial charge in [-0.05, 0) is 11.5 Å². The van der Waals surface area contributed by atoms with E-state index in [1.807, 2.05) is 13.8 Å². The van der Waals surface area contributed by atoms with Gasteiger partial charge in [0.2, 0.25) is 0 Å². The van der Waals surface area contributed by atoms with Crippen LogP contribution < -0.4 is 0 Å². The first-order valence-corrected chi connectivity index (χ1v) is 5.67. The minimum atomic E-state index is -0.122. The highest BCUT2D eigenvalue weighted by molar-refractivity contribution is 8.18. The van der Waals surface area contributed by atoms with Gasteiger partial charge >= 0.3 is 5.97 Å².